The maximum Gasteiger partial charge on any atom is 0.137 e. The van der Waals surface area contributed by atoms with E-state index >= 15 is 0 Å². The number of nitrogens with zero attached hydrogens (tertiary/aromatic N) is 4. The van der Waals surface area contributed by atoms with Crippen LogP contribution in [-0.4, -0.2) is 50.6 Å². The molecule has 2 fully saturated rings. The molecule has 142 valence electrons. The summed E-state index contributed by atoms with van der Waals surface area (Å²) in [6.07, 6.45) is 8.03. The van der Waals surface area contributed by atoms with Gasteiger partial charge in [0.25, 0.3) is 0 Å². The number of piperidine rings is 1. The van der Waals surface area contributed by atoms with Crippen LogP contribution in [0, 0.1) is 5.92 Å². The molecule has 1 atom stereocenters. The average molecular weight is 375 g/mol. The lowest BCUT2D eigenvalue weighted by atomic mass is 9.90. The topological polar surface area (TPSA) is 44.5 Å². The lowest BCUT2D eigenvalue weighted by Crippen LogP contribution is -2.35. The Morgan fingerprint density at radius 3 is 2.58 bits per heavy atom. The molecule has 26 heavy (non-hydrogen) atoms. The molecule has 0 amide bonds. The zero-order valence-electron chi connectivity index (χ0n) is 15.7. The zero-order chi connectivity index (χ0) is 17.9. The molecule has 2 saturated heterocycles. The molecule has 0 bridgehead atoms. The molecule has 4 heterocycles. The van der Waals surface area contributed by atoms with Crippen LogP contribution in [0.1, 0.15) is 48.1 Å². The molecule has 2 aliphatic heterocycles. The molecule has 6 heteroatoms. The van der Waals surface area contributed by atoms with E-state index in [9.17, 15) is 5.11 Å². The lowest BCUT2D eigenvalue weighted by molar-refractivity contribution is 0.0494. The van der Waals surface area contributed by atoms with Crippen molar-refractivity contribution in [2.75, 3.05) is 26.2 Å². The highest BCUT2D eigenvalue weighted by Gasteiger charge is 2.28. The number of hydrogen-bond acceptors (Lipinski definition) is 5. The van der Waals surface area contributed by atoms with Gasteiger partial charge in [0.2, 0.25) is 0 Å². The number of aromatic nitrogens is 2. The lowest BCUT2D eigenvalue weighted by Gasteiger charge is -2.33. The molecule has 0 spiro atoms. The third-order valence-electron chi connectivity index (χ3n) is 5.89. The van der Waals surface area contributed by atoms with Gasteiger partial charge in [0.1, 0.15) is 11.9 Å². The van der Waals surface area contributed by atoms with Gasteiger partial charge in [0.05, 0.1) is 0 Å². The summed E-state index contributed by atoms with van der Waals surface area (Å²) in [7, 11) is 1.96. The van der Waals surface area contributed by atoms with E-state index in [0.717, 1.165) is 44.8 Å². The first-order chi connectivity index (χ1) is 12.7. The van der Waals surface area contributed by atoms with E-state index in [0.29, 0.717) is 5.92 Å². The minimum atomic E-state index is -0.439. The summed E-state index contributed by atoms with van der Waals surface area (Å²) in [6, 6.07) is 2.40. The van der Waals surface area contributed by atoms with Crippen LogP contribution in [0.15, 0.2) is 23.8 Å². The van der Waals surface area contributed by atoms with Crippen LogP contribution >= 0.6 is 11.3 Å². The van der Waals surface area contributed by atoms with Crippen LogP contribution in [0.4, 0.5) is 0 Å². The summed E-state index contributed by atoms with van der Waals surface area (Å²) in [5.74, 6) is 1.12. The van der Waals surface area contributed by atoms with Crippen molar-refractivity contribution in [2.24, 2.45) is 13.0 Å². The van der Waals surface area contributed by atoms with Crippen LogP contribution in [0.5, 0.6) is 0 Å². The largest absolute Gasteiger partial charge is 0.385 e. The number of thiophene rings is 1. The number of aryl methyl sites for hydroxylation is 1. The molecule has 2 aromatic heterocycles. The van der Waals surface area contributed by atoms with Crippen LogP contribution < -0.4 is 0 Å². The smallest absolute Gasteiger partial charge is 0.137 e. The van der Waals surface area contributed by atoms with Gasteiger partial charge in [-0.2, -0.15) is 0 Å². The van der Waals surface area contributed by atoms with E-state index in [1.54, 1.807) is 6.20 Å². The highest BCUT2D eigenvalue weighted by atomic mass is 32.1. The third kappa shape index (κ3) is 4.19. The molecular formula is C20H30N4OS. The second-order valence-electron chi connectivity index (χ2n) is 7.86. The maximum atomic E-state index is 10.6. The van der Waals surface area contributed by atoms with Gasteiger partial charge < -0.3 is 9.67 Å². The van der Waals surface area contributed by atoms with Gasteiger partial charge in [0, 0.05) is 37.4 Å². The van der Waals surface area contributed by atoms with Crippen LogP contribution in [0.2, 0.25) is 0 Å². The minimum Gasteiger partial charge on any atom is -0.385 e. The first-order valence-corrected chi connectivity index (χ1v) is 10.7. The average Bonchev–Trinajstić information content (AvgIpc) is 3.39. The van der Waals surface area contributed by atoms with Crippen molar-refractivity contribution in [3.05, 3.63) is 40.1 Å². The van der Waals surface area contributed by atoms with E-state index in [-0.39, 0.29) is 0 Å². The maximum absolute atomic E-state index is 10.6. The van der Waals surface area contributed by atoms with Crippen molar-refractivity contribution in [1.82, 2.24) is 19.4 Å². The molecule has 1 N–H and O–H groups in total. The Bertz CT molecular complexity index is 698. The van der Waals surface area contributed by atoms with Crippen LogP contribution in [-0.2, 0) is 20.1 Å². The van der Waals surface area contributed by atoms with E-state index in [1.807, 2.05) is 29.1 Å². The van der Waals surface area contributed by atoms with Gasteiger partial charge in [-0.05, 0) is 74.8 Å². The number of likely N-dealkylation sites (tertiary alicyclic amines) is 2. The Hall–Kier alpha value is -1.21. The fourth-order valence-electron chi connectivity index (χ4n) is 4.31. The van der Waals surface area contributed by atoms with Crippen molar-refractivity contribution in [3.8, 4) is 0 Å². The van der Waals surface area contributed by atoms with Crippen molar-refractivity contribution >= 4 is 11.3 Å². The predicted octanol–water partition coefficient (Wildman–Crippen LogP) is 3.02. The molecule has 1 unspecified atom stereocenters. The third-order valence-corrected chi connectivity index (χ3v) is 6.86. The first kappa shape index (κ1) is 18.2. The Morgan fingerprint density at radius 2 is 1.88 bits per heavy atom. The number of aliphatic hydroxyl groups excluding tert-OH is 1. The van der Waals surface area contributed by atoms with Gasteiger partial charge in [-0.25, -0.2) is 4.98 Å². The van der Waals surface area contributed by atoms with Crippen LogP contribution in [0.25, 0.3) is 0 Å². The molecular weight excluding hydrogens is 344 g/mol. The fourth-order valence-corrected chi connectivity index (χ4v) is 5.23. The fraction of sp³-hybridized carbons (Fsp3) is 0.650. The Kier molecular flexibility index (Phi) is 5.74. The Morgan fingerprint density at radius 1 is 1.15 bits per heavy atom. The SMILES string of the molecule is Cn1ccnc1C(O)C1CCN(Cc2cc(CN3CCCC3)cs2)CC1. The van der Waals surface area contributed by atoms with Gasteiger partial charge in [-0.3, -0.25) is 9.80 Å². The van der Waals surface area contributed by atoms with Gasteiger partial charge in [-0.1, -0.05) is 0 Å². The summed E-state index contributed by atoms with van der Waals surface area (Å²) >= 11 is 1.90. The molecule has 0 saturated carbocycles. The van der Waals surface area contributed by atoms with Crippen molar-refractivity contribution in [2.45, 2.75) is 44.9 Å². The van der Waals surface area contributed by atoms with E-state index in [4.69, 9.17) is 0 Å². The molecule has 0 aliphatic carbocycles. The van der Waals surface area contributed by atoms with Crippen molar-refractivity contribution < 1.29 is 5.11 Å². The molecule has 0 radical (unpaired) electrons. The van der Waals surface area contributed by atoms with Gasteiger partial charge in [-0.15, -0.1) is 11.3 Å². The zero-order valence-corrected chi connectivity index (χ0v) is 16.5. The van der Waals surface area contributed by atoms with E-state index < -0.39 is 6.10 Å². The van der Waals surface area contributed by atoms with Crippen molar-refractivity contribution in [1.29, 1.82) is 0 Å². The van der Waals surface area contributed by atoms with Crippen molar-refractivity contribution in [3.63, 3.8) is 0 Å². The van der Waals surface area contributed by atoms with Gasteiger partial charge >= 0.3 is 0 Å². The van der Waals surface area contributed by atoms with E-state index in [1.165, 1.54) is 36.4 Å². The molecule has 5 nitrogen and oxygen atoms in total. The summed E-state index contributed by atoms with van der Waals surface area (Å²) in [5.41, 5.74) is 1.48. The van der Waals surface area contributed by atoms with Crippen LogP contribution in [0.3, 0.4) is 0 Å². The normalized spacial score (nSPS) is 21.5. The highest BCUT2D eigenvalue weighted by Crippen LogP contribution is 2.31. The standard InChI is InChI=1S/C20H30N4OS/c1-22-11-6-21-20(22)19(25)17-4-9-24(10-5-17)14-18-12-16(15-26-18)13-23-7-2-3-8-23/h6,11-12,15,17,19,25H,2-5,7-10,13-14H2,1H3. The second-order valence-corrected chi connectivity index (χ2v) is 8.86. The number of hydrogen-bond donors (Lipinski definition) is 1. The quantitative estimate of drug-likeness (QED) is 0.844. The monoisotopic (exact) mass is 374 g/mol. The molecule has 2 aliphatic rings. The van der Waals surface area contributed by atoms with Gasteiger partial charge in [0.15, 0.2) is 0 Å². The molecule has 0 aromatic carbocycles. The highest BCUT2D eigenvalue weighted by molar-refractivity contribution is 7.10. The summed E-state index contributed by atoms with van der Waals surface area (Å²) in [5, 5.41) is 13.0. The molecule has 2 aromatic rings. The first-order valence-electron chi connectivity index (χ1n) is 9.85. The second kappa shape index (κ2) is 8.21. The summed E-state index contributed by atoms with van der Waals surface area (Å²) in [4.78, 5) is 10.9. The Labute approximate surface area is 160 Å². The minimum absolute atomic E-state index is 0.321. The predicted molar refractivity (Wildman–Crippen MR) is 105 cm³/mol. The number of rotatable bonds is 6. The summed E-state index contributed by atoms with van der Waals surface area (Å²) < 4.78 is 1.94. The van der Waals surface area contributed by atoms with E-state index in [2.05, 4.69) is 26.2 Å². The Balaban J connectivity index is 1.26. The summed E-state index contributed by atoms with van der Waals surface area (Å²) in [6.45, 7) is 6.81. The number of aliphatic hydroxyl groups is 1. The number of imidazole rings is 1. The molecule has 4 rings (SSSR count).